The second kappa shape index (κ2) is 6.22. The van der Waals surface area contributed by atoms with Crippen LogP contribution in [0.5, 0.6) is 0 Å². The number of nitrogens with zero attached hydrogens (tertiary/aromatic N) is 6. The van der Waals surface area contributed by atoms with Gasteiger partial charge in [-0.25, -0.2) is 4.68 Å². The number of halogens is 1. The molecule has 0 aliphatic heterocycles. The molecule has 3 rings (SSSR count). The number of aromatic nitrogens is 7. The summed E-state index contributed by atoms with van der Waals surface area (Å²) in [6.07, 6.45) is 8.84. The first-order chi connectivity index (χ1) is 11.5. The lowest BCUT2D eigenvalue weighted by Crippen LogP contribution is -2.04. The molecule has 0 unspecified atom stereocenters. The summed E-state index contributed by atoms with van der Waals surface area (Å²) in [5.41, 5.74) is 2.54. The Morgan fingerprint density at radius 3 is 2.83 bits per heavy atom. The van der Waals surface area contributed by atoms with E-state index in [4.69, 9.17) is 18.0 Å². The van der Waals surface area contributed by atoms with Gasteiger partial charge >= 0.3 is 0 Å². The molecule has 0 aliphatic rings. The van der Waals surface area contributed by atoms with Crippen LogP contribution < -0.4 is 5.32 Å². The maximum absolute atomic E-state index is 6.40. The van der Waals surface area contributed by atoms with E-state index in [0.717, 1.165) is 0 Å². The van der Waals surface area contributed by atoms with Crippen LogP contribution in [-0.4, -0.2) is 34.7 Å². The number of hydrogen-bond donors (Lipinski definition) is 2. The number of terminal acetylenes is 1. The largest absolute Gasteiger partial charge is 0.327 e. The quantitative estimate of drug-likeness (QED) is 0.707. The van der Waals surface area contributed by atoms with Crippen molar-refractivity contribution in [3.8, 4) is 23.9 Å². The van der Waals surface area contributed by atoms with Gasteiger partial charge in [0.2, 0.25) is 11.8 Å². The smallest absolute Gasteiger partial charge is 0.225 e. The molecule has 0 bridgehead atoms. The van der Waals surface area contributed by atoms with Crippen molar-refractivity contribution >= 4 is 22.6 Å². The average molecular weight is 343 g/mol. The summed E-state index contributed by atoms with van der Waals surface area (Å²) in [5.74, 6) is 3.57. The summed E-state index contributed by atoms with van der Waals surface area (Å²) < 4.78 is 3.32. The standard InChI is InChI=1S/C15H15ClN8/c1-5-11-10(8-17-20-11)13(16)9(2)18-15-19-14(22-24(15)4)12-6-7-23(3)21-12/h1,6-8H,2-4H3,(H,17,20)(H,18,19,22)/b13-9-. The number of aryl methyl sites for hydroxylation is 2. The molecule has 3 aromatic heterocycles. The molecule has 9 heteroatoms. The molecule has 0 spiro atoms. The highest BCUT2D eigenvalue weighted by Crippen LogP contribution is 2.25. The van der Waals surface area contributed by atoms with E-state index in [0.29, 0.717) is 39.5 Å². The van der Waals surface area contributed by atoms with Gasteiger partial charge in [-0.3, -0.25) is 9.78 Å². The van der Waals surface area contributed by atoms with Crippen molar-refractivity contribution in [3.63, 3.8) is 0 Å². The van der Waals surface area contributed by atoms with Gasteiger partial charge in [0.15, 0.2) is 0 Å². The molecule has 24 heavy (non-hydrogen) atoms. The third-order valence-electron chi connectivity index (χ3n) is 3.35. The molecule has 0 aromatic carbocycles. The summed E-state index contributed by atoms with van der Waals surface area (Å²) in [5, 5.41) is 18.9. The fourth-order valence-electron chi connectivity index (χ4n) is 2.12. The Morgan fingerprint density at radius 1 is 1.38 bits per heavy atom. The summed E-state index contributed by atoms with van der Waals surface area (Å²) in [7, 11) is 3.62. The van der Waals surface area contributed by atoms with Crippen LogP contribution in [-0.2, 0) is 14.1 Å². The Balaban J connectivity index is 1.90. The van der Waals surface area contributed by atoms with Gasteiger partial charge in [-0.05, 0) is 13.0 Å². The van der Waals surface area contributed by atoms with Crippen molar-refractivity contribution in [2.75, 3.05) is 5.32 Å². The first-order valence-electron chi connectivity index (χ1n) is 7.04. The molecule has 3 heterocycles. The SMILES string of the molecule is C#Cc1[nH]ncc1/C(Cl)=C(\C)Nc1nc(-c2ccn(C)n2)nn1C. The first kappa shape index (κ1) is 15.8. The molecule has 0 saturated heterocycles. The number of anilines is 1. The van der Waals surface area contributed by atoms with E-state index in [-0.39, 0.29) is 0 Å². The number of aromatic amines is 1. The third-order valence-corrected chi connectivity index (χ3v) is 3.84. The van der Waals surface area contributed by atoms with Crippen LogP contribution in [0.1, 0.15) is 18.2 Å². The van der Waals surface area contributed by atoms with E-state index in [1.807, 2.05) is 26.2 Å². The predicted octanol–water partition coefficient (Wildman–Crippen LogP) is 1.96. The summed E-state index contributed by atoms with van der Waals surface area (Å²) in [4.78, 5) is 4.45. The van der Waals surface area contributed by atoms with Gasteiger partial charge in [-0.1, -0.05) is 17.5 Å². The van der Waals surface area contributed by atoms with Gasteiger partial charge in [-0.2, -0.15) is 15.2 Å². The van der Waals surface area contributed by atoms with Crippen LogP contribution in [0.15, 0.2) is 24.2 Å². The molecule has 0 radical (unpaired) electrons. The van der Waals surface area contributed by atoms with Crippen molar-refractivity contribution in [1.29, 1.82) is 0 Å². The van der Waals surface area contributed by atoms with E-state index in [1.54, 1.807) is 22.6 Å². The minimum Gasteiger partial charge on any atom is -0.327 e. The van der Waals surface area contributed by atoms with Crippen molar-refractivity contribution in [3.05, 3.63) is 35.4 Å². The number of H-pyrrole nitrogens is 1. The molecule has 2 N–H and O–H groups in total. The van der Waals surface area contributed by atoms with Crippen molar-refractivity contribution in [2.24, 2.45) is 14.1 Å². The van der Waals surface area contributed by atoms with Gasteiger partial charge < -0.3 is 5.32 Å². The van der Waals surface area contributed by atoms with Gasteiger partial charge in [0, 0.05) is 31.6 Å². The normalized spacial score (nSPS) is 12.0. The fraction of sp³-hybridized carbons (Fsp3) is 0.200. The van der Waals surface area contributed by atoms with E-state index in [9.17, 15) is 0 Å². The molecular formula is C15H15ClN8. The minimum absolute atomic E-state index is 0.457. The van der Waals surface area contributed by atoms with Gasteiger partial charge in [-0.15, -0.1) is 11.5 Å². The Bertz CT molecular complexity index is 952. The lowest BCUT2D eigenvalue weighted by molar-refractivity contribution is 0.759. The van der Waals surface area contributed by atoms with Crippen LogP contribution in [0.4, 0.5) is 5.95 Å². The van der Waals surface area contributed by atoms with Crippen molar-refractivity contribution in [2.45, 2.75) is 6.92 Å². The lowest BCUT2D eigenvalue weighted by atomic mass is 10.2. The van der Waals surface area contributed by atoms with Gasteiger partial charge in [0.1, 0.15) is 11.4 Å². The van der Waals surface area contributed by atoms with E-state index >= 15 is 0 Å². The van der Waals surface area contributed by atoms with Crippen LogP contribution in [0, 0.1) is 12.3 Å². The van der Waals surface area contributed by atoms with Crippen LogP contribution in [0.3, 0.4) is 0 Å². The summed E-state index contributed by atoms with van der Waals surface area (Å²) in [6, 6.07) is 1.85. The highest BCUT2D eigenvalue weighted by molar-refractivity contribution is 6.49. The zero-order chi connectivity index (χ0) is 17.3. The molecule has 3 aromatic rings. The Morgan fingerprint density at radius 2 is 2.17 bits per heavy atom. The number of hydrogen-bond acceptors (Lipinski definition) is 5. The van der Waals surface area contributed by atoms with Crippen LogP contribution in [0.25, 0.3) is 16.6 Å². The van der Waals surface area contributed by atoms with Crippen LogP contribution >= 0.6 is 11.6 Å². The molecule has 8 nitrogen and oxygen atoms in total. The molecule has 0 atom stereocenters. The highest BCUT2D eigenvalue weighted by atomic mass is 35.5. The van der Waals surface area contributed by atoms with Crippen molar-refractivity contribution < 1.29 is 0 Å². The molecule has 0 aliphatic carbocycles. The minimum atomic E-state index is 0.457. The van der Waals surface area contributed by atoms with E-state index < -0.39 is 0 Å². The maximum atomic E-state index is 6.40. The first-order valence-corrected chi connectivity index (χ1v) is 7.42. The average Bonchev–Trinajstić information content (AvgIpc) is 3.27. The molecular weight excluding hydrogens is 328 g/mol. The van der Waals surface area contributed by atoms with E-state index in [2.05, 4.69) is 36.6 Å². The second-order valence-corrected chi connectivity index (χ2v) is 5.50. The predicted molar refractivity (Wildman–Crippen MR) is 91.8 cm³/mol. The Labute approximate surface area is 143 Å². The van der Waals surface area contributed by atoms with E-state index in [1.165, 1.54) is 0 Å². The third kappa shape index (κ3) is 2.89. The monoisotopic (exact) mass is 342 g/mol. The molecule has 122 valence electrons. The zero-order valence-corrected chi connectivity index (χ0v) is 14.1. The Hall–Kier alpha value is -3.05. The Kier molecular flexibility index (Phi) is 4.10. The van der Waals surface area contributed by atoms with Gasteiger partial charge in [0.25, 0.3) is 0 Å². The molecule has 0 saturated carbocycles. The molecule has 0 amide bonds. The molecule has 0 fully saturated rings. The summed E-state index contributed by atoms with van der Waals surface area (Å²) >= 11 is 6.40. The number of rotatable bonds is 4. The van der Waals surface area contributed by atoms with Crippen LogP contribution in [0.2, 0.25) is 0 Å². The topological polar surface area (TPSA) is 89.2 Å². The van der Waals surface area contributed by atoms with Gasteiger partial charge in [0.05, 0.1) is 11.2 Å². The highest BCUT2D eigenvalue weighted by Gasteiger charge is 2.14. The van der Waals surface area contributed by atoms with Crippen molar-refractivity contribution in [1.82, 2.24) is 34.7 Å². The second-order valence-electron chi connectivity index (χ2n) is 5.12. The summed E-state index contributed by atoms with van der Waals surface area (Å²) in [6.45, 7) is 1.82. The lowest BCUT2D eigenvalue weighted by Gasteiger charge is -2.07. The number of nitrogens with one attached hydrogen (secondary N) is 2. The number of allylic oxidation sites excluding steroid dienone is 1. The fourth-order valence-corrected chi connectivity index (χ4v) is 2.31. The zero-order valence-electron chi connectivity index (χ0n) is 13.4. The maximum Gasteiger partial charge on any atom is 0.225 e.